The Morgan fingerprint density at radius 1 is 1.17 bits per heavy atom. The molecule has 152 valence electrons. The summed E-state index contributed by atoms with van der Waals surface area (Å²) in [5, 5.41) is 2.08. The van der Waals surface area contributed by atoms with Crippen LogP contribution in [0, 0.1) is 0 Å². The molecule has 7 heteroatoms. The number of imide groups is 1. The number of thiophene rings is 1. The second kappa shape index (κ2) is 7.25. The summed E-state index contributed by atoms with van der Waals surface area (Å²) in [6.45, 7) is 2.81. The number of carbonyl (C=O) groups excluding carboxylic acids is 3. The third-order valence-corrected chi connectivity index (χ3v) is 6.85. The second-order valence-electron chi connectivity index (χ2n) is 7.51. The lowest BCUT2D eigenvalue weighted by molar-refractivity contribution is 0.0630. The molecule has 1 aromatic carbocycles. The molecule has 0 fully saturated rings. The number of benzene rings is 1. The first-order chi connectivity index (χ1) is 14.6. The fraction of sp³-hybridized carbons (Fsp3) is 0.261. The number of carbonyl (C=O) groups is 3. The SMILES string of the molecule is CCC1c2ccsc2CCN1C(=O)c1ccc2c(c1)C(=O)N(Cc1ccco1)C2=O. The second-order valence-corrected chi connectivity index (χ2v) is 8.51. The zero-order chi connectivity index (χ0) is 20.8. The molecule has 1 unspecified atom stereocenters. The Morgan fingerprint density at radius 2 is 2.00 bits per heavy atom. The third-order valence-electron chi connectivity index (χ3n) is 5.85. The summed E-state index contributed by atoms with van der Waals surface area (Å²) in [6, 6.07) is 10.4. The van der Waals surface area contributed by atoms with Crippen LogP contribution in [0.5, 0.6) is 0 Å². The van der Waals surface area contributed by atoms with Gasteiger partial charge in [0.05, 0.1) is 30.0 Å². The summed E-state index contributed by atoms with van der Waals surface area (Å²) in [4.78, 5) is 43.3. The topological polar surface area (TPSA) is 70.8 Å². The van der Waals surface area contributed by atoms with Crippen molar-refractivity contribution < 1.29 is 18.8 Å². The standard InChI is InChI=1S/C23H20N2O4S/c1-2-19-17-8-11-30-20(17)7-9-24(19)21(26)14-5-6-16-18(12-14)23(28)25(22(16)27)13-15-4-3-10-29-15/h3-6,8,10-12,19H,2,7,9,13H2,1H3. The number of amides is 3. The molecule has 6 nitrogen and oxygen atoms in total. The average Bonchev–Trinajstić information content (AvgIpc) is 3.50. The summed E-state index contributed by atoms with van der Waals surface area (Å²) >= 11 is 1.74. The zero-order valence-corrected chi connectivity index (χ0v) is 17.3. The molecule has 0 aliphatic carbocycles. The van der Waals surface area contributed by atoms with Crippen LogP contribution in [0.1, 0.15) is 66.7 Å². The van der Waals surface area contributed by atoms with Crippen LogP contribution >= 0.6 is 11.3 Å². The summed E-state index contributed by atoms with van der Waals surface area (Å²) < 4.78 is 5.27. The average molecular weight is 420 g/mol. The molecule has 0 radical (unpaired) electrons. The molecule has 0 spiro atoms. The van der Waals surface area contributed by atoms with Gasteiger partial charge in [0, 0.05) is 17.0 Å². The lowest BCUT2D eigenvalue weighted by Gasteiger charge is -2.35. The molecule has 2 aromatic heterocycles. The van der Waals surface area contributed by atoms with Crippen molar-refractivity contribution in [2.45, 2.75) is 32.4 Å². The lowest BCUT2D eigenvalue weighted by Crippen LogP contribution is -2.39. The Morgan fingerprint density at radius 3 is 2.77 bits per heavy atom. The molecular weight excluding hydrogens is 400 g/mol. The van der Waals surface area contributed by atoms with E-state index in [1.807, 2.05) is 4.90 Å². The van der Waals surface area contributed by atoms with Crippen molar-refractivity contribution >= 4 is 29.1 Å². The first-order valence-electron chi connectivity index (χ1n) is 9.98. The third kappa shape index (κ3) is 2.89. The van der Waals surface area contributed by atoms with Gasteiger partial charge in [0.15, 0.2) is 0 Å². The molecule has 3 aromatic rings. The van der Waals surface area contributed by atoms with Crippen molar-refractivity contribution in [3.63, 3.8) is 0 Å². The van der Waals surface area contributed by atoms with Crippen LogP contribution in [-0.4, -0.2) is 34.1 Å². The highest BCUT2D eigenvalue weighted by Crippen LogP contribution is 2.36. The van der Waals surface area contributed by atoms with Crippen molar-refractivity contribution in [2.75, 3.05) is 6.54 Å². The smallest absolute Gasteiger partial charge is 0.261 e. The largest absolute Gasteiger partial charge is 0.467 e. The predicted molar refractivity (Wildman–Crippen MR) is 111 cm³/mol. The molecule has 3 amide bonds. The minimum Gasteiger partial charge on any atom is -0.467 e. The van der Waals surface area contributed by atoms with Crippen LogP contribution in [0.2, 0.25) is 0 Å². The molecule has 2 aliphatic rings. The van der Waals surface area contributed by atoms with Crippen molar-refractivity contribution in [3.05, 3.63) is 80.9 Å². The van der Waals surface area contributed by atoms with E-state index in [1.54, 1.807) is 41.7 Å². The molecule has 0 bridgehead atoms. The molecular formula is C23H20N2O4S. The first kappa shape index (κ1) is 18.8. The van der Waals surface area contributed by atoms with Gasteiger partial charge < -0.3 is 9.32 Å². The molecule has 2 aliphatic heterocycles. The summed E-state index contributed by atoms with van der Waals surface area (Å²) in [7, 11) is 0. The van der Waals surface area contributed by atoms with E-state index in [1.165, 1.54) is 16.7 Å². The molecule has 4 heterocycles. The van der Waals surface area contributed by atoms with E-state index in [-0.39, 0.29) is 30.0 Å². The van der Waals surface area contributed by atoms with E-state index in [0.29, 0.717) is 23.4 Å². The van der Waals surface area contributed by atoms with Crippen molar-refractivity contribution in [2.24, 2.45) is 0 Å². The van der Waals surface area contributed by atoms with Crippen LogP contribution in [0.15, 0.2) is 52.5 Å². The van der Waals surface area contributed by atoms with Crippen molar-refractivity contribution in [1.82, 2.24) is 9.80 Å². The first-order valence-corrected chi connectivity index (χ1v) is 10.9. The van der Waals surface area contributed by atoms with Crippen molar-refractivity contribution in [3.8, 4) is 0 Å². The fourth-order valence-electron chi connectivity index (χ4n) is 4.37. The van der Waals surface area contributed by atoms with E-state index >= 15 is 0 Å². The molecule has 0 saturated carbocycles. The van der Waals surface area contributed by atoms with Crippen LogP contribution in [0.25, 0.3) is 0 Å². The van der Waals surface area contributed by atoms with Crippen LogP contribution in [-0.2, 0) is 13.0 Å². The van der Waals surface area contributed by atoms with Gasteiger partial charge in [0.25, 0.3) is 17.7 Å². The van der Waals surface area contributed by atoms with Gasteiger partial charge in [0.1, 0.15) is 5.76 Å². The van der Waals surface area contributed by atoms with Gasteiger partial charge in [-0.05, 0) is 60.2 Å². The quantitative estimate of drug-likeness (QED) is 0.591. The van der Waals surface area contributed by atoms with Gasteiger partial charge in [-0.1, -0.05) is 6.92 Å². The Bertz CT molecular complexity index is 1150. The molecule has 0 N–H and O–H groups in total. The normalized spacial score (nSPS) is 18.0. The van der Waals surface area contributed by atoms with Gasteiger partial charge in [-0.2, -0.15) is 0 Å². The minimum absolute atomic E-state index is 0.0357. The van der Waals surface area contributed by atoms with Crippen LogP contribution < -0.4 is 0 Å². The number of fused-ring (bicyclic) bond motifs is 2. The summed E-state index contributed by atoms with van der Waals surface area (Å²) in [5.74, 6) is -0.331. The van der Waals surface area contributed by atoms with Gasteiger partial charge in [-0.25, -0.2) is 0 Å². The van der Waals surface area contributed by atoms with Crippen LogP contribution in [0.4, 0.5) is 0 Å². The number of rotatable bonds is 4. The molecule has 0 saturated heterocycles. The highest BCUT2D eigenvalue weighted by molar-refractivity contribution is 7.10. The summed E-state index contributed by atoms with van der Waals surface area (Å²) in [6.07, 6.45) is 3.18. The monoisotopic (exact) mass is 420 g/mol. The fourth-order valence-corrected chi connectivity index (χ4v) is 5.30. The highest BCUT2D eigenvalue weighted by atomic mass is 32.1. The zero-order valence-electron chi connectivity index (χ0n) is 16.5. The molecule has 5 rings (SSSR count). The van der Waals surface area contributed by atoms with Crippen LogP contribution in [0.3, 0.4) is 0 Å². The van der Waals surface area contributed by atoms with Gasteiger partial charge in [-0.15, -0.1) is 11.3 Å². The maximum Gasteiger partial charge on any atom is 0.261 e. The van der Waals surface area contributed by atoms with E-state index in [4.69, 9.17) is 4.42 Å². The highest BCUT2D eigenvalue weighted by Gasteiger charge is 2.37. The maximum atomic E-state index is 13.3. The number of hydrogen-bond acceptors (Lipinski definition) is 5. The van der Waals surface area contributed by atoms with E-state index in [0.717, 1.165) is 17.7 Å². The van der Waals surface area contributed by atoms with E-state index in [9.17, 15) is 14.4 Å². The Hall–Kier alpha value is -3.19. The van der Waals surface area contributed by atoms with E-state index in [2.05, 4.69) is 18.4 Å². The Labute approximate surface area is 177 Å². The Kier molecular flexibility index (Phi) is 4.55. The Balaban J connectivity index is 1.43. The number of hydrogen-bond donors (Lipinski definition) is 0. The number of furan rings is 1. The van der Waals surface area contributed by atoms with Gasteiger partial charge >= 0.3 is 0 Å². The van der Waals surface area contributed by atoms with E-state index < -0.39 is 5.91 Å². The van der Waals surface area contributed by atoms with Gasteiger partial charge in [0.2, 0.25) is 0 Å². The van der Waals surface area contributed by atoms with Gasteiger partial charge in [-0.3, -0.25) is 19.3 Å². The lowest BCUT2D eigenvalue weighted by atomic mass is 9.96. The minimum atomic E-state index is -0.396. The number of nitrogens with zero attached hydrogens (tertiary/aromatic N) is 2. The summed E-state index contributed by atoms with van der Waals surface area (Å²) in [5.41, 5.74) is 2.26. The molecule has 30 heavy (non-hydrogen) atoms. The maximum absolute atomic E-state index is 13.3. The predicted octanol–water partition coefficient (Wildman–Crippen LogP) is 4.29. The van der Waals surface area contributed by atoms with Crippen molar-refractivity contribution in [1.29, 1.82) is 0 Å². The molecule has 1 atom stereocenters.